The largest absolute Gasteiger partial charge is 0.480 e. The molecule has 0 saturated carbocycles. The van der Waals surface area contributed by atoms with Gasteiger partial charge in [0.15, 0.2) is 0 Å². The number of carbonyl (C=O) groups excluding carboxylic acids is 1. The molecule has 5 nitrogen and oxygen atoms in total. The van der Waals surface area contributed by atoms with Crippen LogP contribution in [0.25, 0.3) is 0 Å². The van der Waals surface area contributed by atoms with Gasteiger partial charge in [-0.2, -0.15) is 13.2 Å². The highest BCUT2D eigenvalue weighted by Gasteiger charge is 2.48. The molecule has 1 amide bonds. The summed E-state index contributed by atoms with van der Waals surface area (Å²) in [5.74, 6) is -2.61. The van der Waals surface area contributed by atoms with E-state index in [1.165, 1.54) is 24.3 Å². The Hall–Kier alpha value is -2.29. The molecule has 160 valence electrons. The van der Waals surface area contributed by atoms with E-state index in [0.29, 0.717) is 21.2 Å². The quantitative estimate of drug-likeness (QED) is 0.677. The molecule has 1 aliphatic rings. The second-order valence-electron chi connectivity index (χ2n) is 6.76. The van der Waals surface area contributed by atoms with Crippen LogP contribution in [0, 0.1) is 0 Å². The second kappa shape index (κ2) is 8.83. The summed E-state index contributed by atoms with van der Waals surface area (Å²) in [4.78, 5) is 25.2. The van der Waals surface area contributed by atoms with Crippen molar-refractivity contribution < 1.29 is 32.6 Å². The molecule has 1 aliphatic heterocycles. The number of aliphatic carboxylic acids is 1. The van der Waals surface area contributed by atoms with Gasteiger partial charge in [-0.1, -0.05) is 47.5 Å². The van der Waals surface area contributed by atoms with Crippen molar-refractivity contribution in [3.8, 4) is 0 Å². The zero-order chi connectivity index (χ0) is 22.1. The SMILES string of the molecule is O=C(O)C(CC(F)(F)F)N1C(=O)CO[C@H](c2cccc(Cl)c2)[C@H]1c1ccc(Cl)cc1. The van der Waals surface area contributed by atoms with Gasteiger partial charge in [-0.15, -0.1) is 0 Å². The molecule has 1 N–H and O–H groups in total. The zero-order valence-corrected chi connectivity index (χ0v) is 16.8. The minimum atomic E-state index is -4.79. The van der Waals surface area contributed by atoms with Crippen molar-refractivity contribution in [3.05, 3.63) is 69.7 Å². The molecule has 0 spiro atoms. The predicted molar refractivity (Wildman–Crippen MR) is 103 cm³/mol. The van der Waals surface area contributed by atoms with E-state index < -0.39 is 49.3 Å². The molecule has 0 aromatic heterocycles. The average molecular weight is 462 g/mol. The van der Waals surface area contributed by atoms with Gasteiger partial charge in [0, 0.05) is 10.0 Å². The third-order valence-electron chi connectivity index (χ3n) is 4.70. The van der Waals surface area contributed by atoms with Crippen LogP contribution < -0.4 is 0 Å². The van der Waals surface area contributed by atoms with E-state index in [9.17, 15) is 27.9 Å². The minimum absolute atomic E-state index is 0.361. The fourth-order valence-corrected chi connectivity index (χ4v) is 3.80. The normalized spacial score (nSPS) is 20.8. The van der Waals surface area contributed by atoms with E-state index in [1.54, 1.807) is 24.3 Å². The van der Waals surface area contributed by atoms with Crippen molar-refractivity contribution in [3.63, 3.8) is 0 Å². The van der Waals surface area contributed by atoms with Gasteiger partial charge < -0.3 is 14.7 Å². The summed E-state index contributed by atoms with van der Waals surface area (Å²) in [5.41, 5.74) is 0.877. The van der Waals surface area contributed by atoms with E-state index in [2.05, 4.69) is 0 Å². The number of amides is 1. The Morgan fingerprint density at radius 3 is 2.37 bits per heavy atom. The van der Waals surface area contributed by atoms with Crippen LogP contribution in [0.1, 0.15) is 29.7 Å². The third-order valence-corrected chi connectivity index (χ3v) is 5.18. The van der Waals surface area contributed by atoms with Gasteiger partial charge in [-0.25, -0.2) is 4.79 Å². The molecule has 1 fully saturated rings. The Morgan fingerprint density at radius 1 is 1.13 bits per heavy atom. The number of rotatable bonds is 5. The minimum Gasteiger partial charge on any atom is -0.480 e. The summed E-state index contributed by atoms with van der Waals surface area (Å²) in [6, 6.07) is 9.23. The first-order chi connectivity index (χ1) is 14.1. The summed E-state index contributed by atoms with van der Waals surface area (Å²) in [7, 11) is 0. The van der Waals surface area contributed by atoms with E-state index in [4.69, 9.17) is 27.9 Å². The lowest BCUT2D eigenvalue weighted by Gasteiger charge is -2.44. The van der Waals surface area contributed by atoms with E-state index in [-0.39, 0.29) is 0 Å². The summed E-state index contributed by atoms with van der Waals surface area (Å²) in [6.07, 6.45) is -7.42. The van der Waals surface area contributed by atoms with Crippen molar-refractivity contribution in [1.82, 2.24) is 4.90 Å². The van der Waals surface area contributed by atoms with Crippen LogP contribution in [0.3, 0.4) is 0 Å². The third kappa shape index (κ3) is 5.06. The number of benzene rings is 2. The highest BCUT2D eigenvalue weighted by Crippen LogP contribution is 2.43. The van der Waals surface area contributed by atoms with Crippen LogP contribution >= 0.6 is 23.2 Å². The van der Waals surface area contributed by atoms with Crippen LogP contribution in [0.15, 0.2) is 48.5 Å². The predicted octanol–water partition coefficient (Wildman–Crippen LogP) is 5.04. The maximum Gasteiger partial charge on any atom is 0.391 e. The topological polar surface area (TPSA) is 66.8 Å². The number of ether oxygens (including phenoxy) is 1. The van der Waals surface area contributed by atoms with Gasteiger partial charge in [0.05, 0.1) is 12.5 Å². The van der Waals surface area contributed by atoms with E-state index in [0.717, 1.165) is 4.90 Å². The van der Waals surface area contributed by atoms with Crippen molar-refractivity contribution >= 4 is 35.1 Å². The molecule has 0 bridgehead atoms. The molecule has 2 aromatic carbocycles. The molecule has 0 aliphatic carbocycles. The zero-order valence-electron chi connectivity index (χ0n) is 15.3. The van der Waals surface area contributed by atoms with Crippen molar-refractivity contribution in [2.45, 2.75) is 30.8 Å². The molecule has 2 aromatic rings. The molecule has 1 heterocycles. The molecule has 0 radical (unpaired) electrons. The number of hydrogen-bond acceptors (Lipinski definition) is 3. The number of morpholine rings is 1. The Bertz CT molecular complexity index is 936. The van der Waals surface area contributed by atoms with Gasteiger partial charge in [0.1, 0.15) is 18.8 Å². The molecular weight excluding hydrogens is 446 g/mol. The van der Waals surface area contributed by atoms with E-state index >= 15 is 0 Å². The number of alkyl halides is 3. The van der Waals surface area contributed by atoms with Crippen LogP contribution in [0.2, 0.25) is 10.0 Å². The first-order valence-corrected chi connectivity index (χ1v) is 9.55. The lowest BCUT2D eigenvalue weighted by molar-refractivity contribution is -0.187. The van der Waals surface area contributed by atoms with Gasteiger partial charge >= 0.3 is 12.1 Å². The van der Waals surface area contributed by atoms with Gasteiger partial charge in [-0.05, 0) is 35.4 Å². The van der Waals surface area contributed by atoms with Crippen LogP contribution in [-0.2, 0) is 14.3 Å². The standard InChI is InChI=1S/C20H16Cl2F3NO4/c21-13-6-4-11(5-7-13)17-18(12-2-1-3-14(22)8-12)30-10-16(27)26(17)15(19(28)29)9-20(23,24)25/h1-8,15,17-18H,9-10H2,(H,28,29)/t15?,17-,18-/m1/s1. The lowest BCUT2D eigenvalue weighted by Crippen LogP contribution is -2.54. The lowest BCUT2D eigenvalue weighted by atomic mass is 9.91. The molecule has 1 unspecified atom stereocenters. The molecule has 30 heavy (non-hydrogen) atoms. The number of carboxylic acid groups (broad SMARTS) is 1. The summed E-state index contributed by atoms with van der Waals surface area (Å²) >= 11 is 12.0. The van der Waals surface area contributed by atoms with Gasteiger partial charge in [-0.3, -0.25) is 4.79 Å². The average Bonchev–Trinajstić information content (AvgIpc) is 2.66. The molecule has 3 rings (SSSR count). The van der Waals surface area contributed by atoms with Gasteiger partial charge in [0.25, 0.3) is 0 Å². The number of halogens is 5. The number of nitrogens with zero attached hydrogens (tertiary/aromatic N) is 1. The monoisotopic (exact) mass is 461 g/mol. The molecule has 3 atom stereocenters. The molecular formula is C20H16Cl2F3NO4. The second-order valence-corrected chi connectivity index (χ2v) is 7.63. The first-order valence-electron chi connectivity index (χ1n) is 8.80. The smallest absolute Gasteiger partial charge is 0.391 e. The summed E-state index contributed by atoms with van der Waals surface area (Å²) in [6.45, 7) is -0.567. The first kappa shape index (κ1) is 22.4. The van der Waals surface area contributed by atoms with E-state index in [1.807, 2.05) is 0 Å². The molecule has 1 saturated heterocycles. The number of carboxylic acids is 1. The van der Waals surface area contributed by atoms with Crippen LogP contribution in [-0.4, -0.2) is 40.7 Å². The highest BCUT2D eigenvalue weighted by atomic mass is 35.5. The summed E-state index contributed by atoms with van der Waals surface area (Å²) < 4.78 is 45.1. The fraction of sp³-hybridized carbons (Fsp3) is 0.300. The van der Waals surface area contributed by atoms with Gasteiger partial charge in [0.2, 0.25) is 5.91 Å². The fourth-order valence-electron chi connectivity index (χ4n) is 3.48. The maximum atomic E-state index is 13.1. The Labute approximate surface area is 179 Å². The maximum absolute atomic E-state index is 13.1. The highest BCUT2D eigenvalue weighted by molar-refractivity contribution is 6.30. The van der Waals surface area contributed by atoms with Crippen LogP contribution in [0.5, 0.6) is 0 Å². The number of carbonyl (C=O) groups is 2. The van der Waals surface area contributed by atoms with Crippen molar-refractivity contribution in [1.29, 1.82) is 0 Å². The Balaban J connectivity index is 2.14. The Kier molecular flexibility index (Phi) is 6.59. The number of hydrogen-bond donors (Lipinski definition) is 1. The van der Waals surface area contributed by atoms with Crippen molar-refractivity contribution in [2.24, 2.45) is 0 Å². The Morgan fingerprint density at radius 2 is 1.80 bits per heavy atom. The summed E-state index contributed by atoms with van der Waals surface area (Å²) in [5, 5.41) is 10.3. The van der Waals surface area contributed by atoms with Crippen molar-refractivity contribution in [2.75, 3.05) is 6.61 Å². The molecule has 10 heteroatoms. The van der Waals surface area contributed by atoms with Crippen LogP contribution in [0.4, 0.5) is 13.2 Å².